The number of esters is 1. The number of rotatable bonds is 3. The maximum atomic E-state index is 12.4. The van der Waals surface area contributed by atoms with Crippen LogP contribution >= 0.6 is 0 Å². The van der Waals surface area contributed by atoms with E-state index in [4.69, 9.17) is 9.47 Å². The van der Waals surface area contributed by atoms with Gasteiger partial charge in [0.05, 0.1) is 11.7 Å². The second kappa shape index (κ2) is 5.48. The van der Waals surface area contributed by atoms with Gasteiger partial charge in [0.2, 0.25) is 0 Å². The van der Waals surface area contributed by atoms with Crippen LogP contribution in [0.25, 0.3) is 0 Å². The van der Waals surface area contributed by atoms with Crippen molar-refractivity contribution in [2.24, 2.45) is 11.3 Å². The molecule has 5 nitrogen and oxygen atoms in total. The summed E-state index contributed by atoms with van der Waals surface area (Å²) in [6.45, 7) is 7.11. The first kappa shape index (κ1) is 14.9. The molecule has 0 radical (unpaired) electrons. The fraction of sp³-hybridized carbons (Fsp3) is 0.667. The van der Waals surface area contributed by atoms with Gasteiger partial charge in [-0.15, -0.1) is 0 Å². The minimum Gasteiger partial charge on any atom is -0.458 e. The summed E-state index contributed by atoms with van der Waals surface area (Å²) in [5.41, 5.74) is 0.436. The molecule has 3 heterocycles. The lowest BCUT2D eigenvalue weighted by molar-refractivity contribution is -0.183. The van der Waals surface area contributed by atoms with E-state index in [1.165, 1.54) is 12.8 Å². The van der Waals surface area contributed by atoms with E-state index in [0.717, 1.165) is 31.9 Å². The first-order valence-corrected chi connectivity index (χ1v) is 8.61. The van der Waals surface area contributed by atoms with Crippen LogP contribution in [0.5, 0.6) is 0 Å². The number of hydrogen-bond donors (Lipinski definition) is 0. The van der Waals surface area contributed by atoms with Crippen LogP contribution in [0.15, 0.2) is 18.3 Å². The number of carbonyl (C=O) groups is 1. The molecule has 4 rings (SSSR count). The smallest absolute Gasteiger partial charge is 0.340 e. The van der Waals surface area contributed by atoms with Crippen molar-refractivity contribution in [3.8, 4) is 0 Å². The van der Waals surface area contributed by atoms with Gasteiger partial charge in [0.15, 0.2) is 0 Å². The summed E-state index contributed by atoms with van der Waals surface area (Å²) in [4.78, 5) is 19.1. The molecule has 124 valence electrons. The predicted molar refractivity (Wildman–Crippen MR) is 86.5 cm³/mol. The number of carbonyl (C=O) groups excluding carboxylic acids is 1. The van der Waals surface area contributed by atoms with E-state index in [-0.39, 0.29) is 23.6 Å². The van der Waals surface area contributed by atoms with Crippen LogP contribution in [0.1, 0.15) is 43.5 Å². The highest BCUT2D eigenvalue weighted by Gasteiger charge is 2.61. The van der Waals surface area contributed by atoms with Gasteiger partial charge < -0.3 is 14.4 Å². The number of aromatic nitrogens is 1. The molecular weight excluding hydrogens is 292 g/mol. The molecule has 5 heteroatoms. The third-order valence-electron chi connectivity index (χ3n) is 5.64. The van der Waals surface area contributed by atoms with Gasteiger partial charge in [0, 0.05) is 37.2 Å². The van der Waals surface area contributed by atoms with Crippen molar-refractivity contribution in [1.82, 2.24) is 4.98 Å². The van der Waals surface area contributed by atoms with Gasteiger partial charge in [-0.2, -0.15) is 0 Å². The summed E-state index contributed by atoms with van der Waals surface area (Å²) in [5.74, 6) is 1.03. The number of anilines is 1. The summed E-state index contributed by atoms with van der Waals surface area (Å²) in [6, 6.07) is 3.76. The molecule has 2 saturated heterocycles. The van der Waals surface area contributed by atoms with Gasteiger partial charge in [0.1, 0.15) is 11.9 Å². The molecule has 0 spiro atoms. The number of ether oxygens (including phenoxy) is 2. The zero-order valence-corrected chi connectivity index (χ0v) is 13.8. The number of nitrogens with zero attached hydrogens (tertiary/aromatic N) is 2. The van der Waals surface area contributed by atoms with Gasteiger partial charge in [-0.3, -0.25) is 0 Å². The molecule has 0 N–H and O–H groups in total. The topological polar surface area (TPSA) is 51.7 Å². The average Bonchev–Trinajstić information content (AvgIpc) is 3.23. The molecule has 0 bridgehead atoms. The molecular formula is C18H24N2O3. The van der Waals surface area contributed by atoms with Crippen LogP contribution in [0.2, 0.25) is 0 Å². The van der Waals surface area contributed by atoms with Crippen LogP contribution < -0.4 is 4.90 Å². The maximum absolute atomic E-state index is 12.4. The molecule has 1 aromatic heterocycles. The number of hydrogen-bond acceptors (Lipinski definition) is 5. The van der Waals surface area contributed by atoms with Crippen molar-refractivity contribution >= 4 is 11.8 Å². The zero-order valence-electron chi connectivity index (χ0n) is 13.8. The van der Waals surface area contributed by atoms with Crippen LogP contribution in [-0.2, 0) is 9.47 Å². The summed E-state index contributed by atoms with van der Waals surface area (Å²) >= 11 is 0. The standard InChI is InChI=1S/C18H24N2O3/c1-18(2)15-13(7-10-22-15)16(18)23-17(21)12-5-6-14(19-11-12)20-8-3-4-9-20/h5-6,11,13,15-16H,3-4,7-10H2,1-2H3. The summed E-state index contributed by atoms with van der Waals surface area (Å²) in [6.07, 6.45) is 5.24. The fourth-order valence-corrected chi connectivity index (χ4v) is 4.34. The molecule has 3 aliphatic rings. The molecule has 0 amide bonds. The van der Waals surface area contributed by atoms with Crippen molar-refractivity contribution in [3.63, 3.8) is 0 Å². The zero-order chi connectivity index (χ0) is 16.0. The van der Waals surface area contributed by atoms with E-state index in [9.17, 15) is 4.79 Å². The molecule has 1 saturated carbocycles. The van der Waals surface area contributed by atoms with E-state index >= 15 is 0 Å². The Bertz CT molecular complexity index is 593. The minimum atomic E-state index is -0.270. The highest BCUT2D eigenvalue weighted by Crippen LogP contribution is 2.53. The SMILES string of the molecule is CC1(C)C2OCCC2C1OC(=O)c1ccc(N2CCCC2)nc1. The summed E-state index contributed by atoms with van der Waals surface area (Å²) in [7, 11) is 0. The van der Waals surface area contributed by atoms with E-state index in [1.807, 2.05) is 12.1 Å². The van der Waals surface area contributed by atoms with Crippen LogP contribution in [0.4, 0.5) is 5.82 Å². The van der Waals surface area contributed by atoms with E-state index < -0.39 is 0 Å². The summed E-state index contributed by atoms with van der Waals surface area (Å²) < 4.78 is 11.5. The van der Waals surface area contributed by atoms with Gasteiger partial charge in [-0.1, -0.05) is 13.8 Å². The fourth-order valence-electron chi connectivity index (χ4n) is 4.34. The molecule has 23 heavy (non-hydrogen) atoms. The van der Waals surface area contributed by atoms with Crippen molar-refractivity contribution < 1.29 is 14.3 Å². The largest absolute Gasteiger partial charge is 0.458 e. The highest BCUT2D eigenvalue weighted by molar-refractivity contribution is 5.89. The Morgan fingerprint density at radius 2 is 2.13 bits per heavy atom. The lowest BCUT2D eigenvalue weighted by Crippen LogP contribution is -2.61. The Morgan fingerprint density at radius 3 is 2.83 bits per heavy atom. The number of pyridine rings is 1. The van der Waals surface area contributed by atoms with Crippen molar-refractivity contribution in [3.05, 3.63) is 23.9 Å². The highest BCUT2D eigenvalue weighted by atomic mass is 16.6. The Kier molecular flexibility index (Phi) is 3.56. The first-order chi connectivity index (χ1) is 11.1. The third-order valence-corrected chi connectivity index (χ3v) is 5.64. The second-order valence-electron chi connectivity index (χ2n) is 7.49. The van der Waals surface area contributed by atoms with Crippen LogP contribution in [0, 0.1) is 11.3 Å². The van der Waals surface area contributed by atoms with Crippen molar-refractivity contribution in [2.45, 2.75) is 45.3 Å². The van der Waals surface area contributed by atoms with Gasteiger partial charge >= 0.3 is 5.97 Å². The molecule has 0 aromatic carbocycles. The van der Waals surface area contributed by atoms with E-state index in [1.54, 1.807) is 6.20 Å². The average molecular weight is 316 g/mol. The normalized spacial score (nSPS) is 31.6. The van der Waals surface area contributed by atoms with E-state index in [0.29, 0.717) is 11.5 Å². The van der Waals surface area contributed by atoms with Gasteiger partial charge in [-0.25, -0.2) is 9.78 Å². The molecule has 3 fully saturated rings. The Morgan fingerprint density at radius 1 is 1.35 bits per heavy atom. The molecule has 2 aliphatic heterocycles. The van der Waals surface area contributed by atoms with Crippen molar-refractivity contribution in [1.29, 1.82) is 0 Å². The second-order valence-corrected chi connectivity index (χ2v) is 7.49. The van der Waals surface area contributed by atoms with E-state index in [2.05, 4.69) is 23.7 Å². The molecule has 1 aliphatic carbocycles. The molecule has 3 unspecified atom stereocenters. The van der Waals surface area contributed by atoms with Crippen LogP contribution in [-0.4, -0.2) is 42.9 Å². The maximum Gasteiger partial charge on any atom is 0.340 e. The molecule has 3 atom stereocenters. The van der Waals surface area contributed by atoms with Gasteiger partial charge in [0.25, 0.3) is 0 Å². The number of fused-ring (bicyclic) bond motifs is 1. The first-order valence-electron chi connectivity index (χ1n) is 8.61. The Balaban J connectivity index is 1.43. The monoisotopic (exact) mass is 316 g/mol. The third kappa shape index (κ3) is 2.42. The predicted octanol–water partition coefficient (Wildman–Crippen LogP) is 2.65. The van der Waals surface area contributed by atoms with Crippen LogP contribution in [0.3, 0.4) is 0 Å². The lowest BCUT2D eigenvalue weighted by atomic mass is 9.59. The summed E-state index contributed by atoms with van der Waals surface area (Å²) in [5, 5.41) is 0. The Hall–Kier alpha value is -1.62. The Labute approximate surface area is 137 Å². The quantitative estimate of drug-likeness (QED) is 0.803. The minimum absolute atomic E-state index is 0.0549. The molecule has 1 aromatic rings. The van der Waals surface area contributed by atoms with Crippen molar-refractivity contribution in [2.75, 3.05) is 24.6 Å². The van der Waals surface area contributed by atoms with Gasteiger partial charge in [-0.05, 0) is 31.4 Å². The lowest BCUT2D eigenvalue weighted by Gasteiger charge is -2.53.